The Morgan fingerprint density at radius 1 is 0.909 bits per heavy atom. The summed E-state index contributed by atoms with van der Waals surface area (Å²) >= 11 is 0. The van der Waals surface area contributed by atoms with Crippen LogP contribution in [0, 0.1) is 18.6 Å². The summed E-state index contributed by atoms with van der Waals surface area (Å²) in [6.07, 6.45) is 3.39. The molecule has 0 saturated carbocycles. The zero-order valence-electron chi connectivity index (χ0n) is 17.4. The van der Waals surface area contributed by atoms with Gasteiger partial charge in [-0.05, 0) is 60.5 Å². The van der Waals surface area contributed by atoms with Gasteiger partial charge in [-0.25, -0.2) is 18.7 Å². The Morgan fingerprint density at radius 3 is 2.42 bits per heavy atom. The van der Waals surface area contributed by atoms with Crippen molar-refractivity contribution in [2.45, 2.75) is 6.92 Å². The molecule has 164 valence electrons. The Morgan fingerprint density at radius 2 is 1.67 bits per heavy atom. The van der Waals surface area contributed by atoms with Gasteiger partial charge in [0.15, 0.2) is 11.6 Å². The van der Waals surface area contributed by atoms with Crippen molar-refractivity contribution >= 4 is 22.8 Å². The first kappa shape index (κ1) is 20.4. The molecule has 5 aromatic rings. The van der Waals surface area contributed by atoms with Crippen molar-refractivity contribution < 1.29 is 13.5 Å². The van der Waals surface area contributed by atoms with Crippen LogP contribution < -0.4 is 16.2 Å². The number of pyridine rings is 1. The summed E-state index contributed by atoms with van der Waals surface area (Å²) in [4.78, 5) is 15.6. The molecule has 0 bridgehead atoms. The number of benzene rings is 2. The highest BCUT2D eigenvalue weighted by molar-refractivity contribution is 5.89. The van der Waals surface area contributed by atoms with E-state index in [-0.39, 0.29) is 17.5 Å². The van der Waals surface area contributed by atoms with Crippen molar-refractivity contribution in [1.82, 2.24) is 19.9 Å². The number of hydrogen-bond donors (Lipinski definition) is 3. The highest BCUT2D eigenvalue weighted by Crippen LogP contribution is 2.38. The number of aryl methyl sites for hydroxylation is 1. The van der Waals surface area contributed by atoms with Gasteiger partial charge in [-0.3, -0.25) is 0 Å². The van der Waals surface area contributed by atoms with E-state index in [1.54, 1.807) is 30.5 Å². The molecule has 3 aromatic heterocycles. The average molecular weight is 444 g/mol. The first-order chi connectivity index (χ1) is 15.9. The number of anilines is 2. The fourth-order valence-corrected chi connectivity index (χ4v) is 3.72. The highest BCUT2D eigenvalue weighted by atomic mass is 19.1. The first-order valence-corrected chi connectivity index (χ1v) is 10.00. The van der Waals surface area contributed by atoms with Gasteiger partial charge in [0.25, 0.3) is 0 Å². The molecule has 0 amide bonds. The van der Waals surface area contributed by atoms with E-state index in [2.05, 4.69) is 19.9 Å². The van der Waals surface area contributed by atoms with Crippen LogP contribution >= 0.6 is 0 Å². The highest BCUT2D eigenvalue weighted by Gasteiger charge is 2.18. The quantitative estimate of drug-likeness (QED) is 0.350. The van der Waals surface area contributed by atoms with E-state index in [9.17, 15) is 4.39 Å². The molecular formula is C24H18F2N6O. The van der Waals surface area contributed by atoms with E-state index < -0.39 is 11.6 Å². The lowest BCUT2D eigenvalue weighted by atomic mass is 9.99. The predicted molar refractivity (Wildman–Crippen MR) is 123 cm³/mol. The number of rotatable bonds is 4. The van der Waals surface area contributed by atoms with Crippen LogP contribution in [0.4, 0.5) is 20.5 Å². The number of aromatic amines is 1. The molecule has 0 atom stereocenters. The number of nitrogens with two attached hydrogens (primary N) is 2. The molecule has 2 aromatic carbocycles. The first-order valence-electron chi connectivity index (χ1n) is 10.00. The molecule has 0 fully saturated rings. The minimum Gasteiger partial charge on any atom is -0.453 e. The number of aromatic nitrogens is 4. The third-order valence-corrected chi connectivity index (χ3v) is 5.24. The molecule has 7 nitrogen and oxygen atoms in total. The number of nitrogens with one attached hydrogen (secondary N) is 1. The van der Waals surface area contributed by atoms with Crippen molar-refractivity contribution in [3.63, 3.8) is 0 Å². The molecule has 0 spiro atoms. The number of halogens is 2. The molecule has 3 heterocycles. The molecule has 0 aliphatic carbocycles. The van der Waals surface area contributed by atoms with E-state index in [1.807, 2.05) is 13.1 Å². The minimum absolute atomic E-state index is 0.0325. The summed E-state index contributed by atoms with van der Waals surface area (Å²) in [6.45, 7) is 1.91. The largest absolute Gasteiger partial charge is 0.453 e. The summed E-state index contributed by atoms with van der Waals surface area (Å²) in [7, 11) is 0. The summed E-state index contributed by atoms with van der Waals surface area (Å²) in [5.41, 5.74) is 15.2. The molecule has 0 unspecified atom stereocenters. The number of H-pyrrole nitrogens is 1. The van der Waals surface area contributed by atoms with Gasteiger partial charge in [0.2, 0.25) is 5.95 Å². The summed E-state index contributed by atoms with van der Waals surface area (Å²) < 4.78 is 34.4. The SMILES string of the molecule is Cc1c[nH]c2nccc(Oc3ccc(-c4c(N)nc(N)nc4-c4ccc(F)cc4)cc3F)c12. The Labute approximate surface area is 187 Å². The van der Waals surface area contributed by atoms with Crippen LogP contribution in [0.5, 0.6) is 11.5 Å². The van der Waals surface area contributed by atoms with E-state index in [0.717, 1.165) is 10.9 Å². The lowest BCUT2D eigenvalue weighted by molar-refractivity contribution is 0.446. The maximum atomic E-state index is 15.1. The molecule has 9 heteroatoms. The van der Waals surface area contributed by atoms with Crippen molar-refractivity contribution in [3.05, 3.63) is 78.1 Å². The number of hydrogen-bond acceptors (Lipinski definition) is 6. The summed E-state index contributed by atoms with van der Waals surface area (Å²) in [6, 6.07) is 11.8. The van der Waals surface area contributed by atoms with Gasteiger partial charge in [0.1, 0.15) is 23.0 Å². The van der Waals surface area contributed by atoms with E-state index in [4.69, 9.17) is 16.2 Å². The number of ether oxygens (including phenoxy) is 1. The molecular weight excluding hydrogens is 426 g/mol. The van der Waals surface area contributed by atoms with E-state index >= 15 is 4.39 Å². The van der Waals surface area contributed by atoms with Crippen molar-refractivity contribution in [2.24, 2.45) is 0 Å². The third kappa shape index (κ3) is 3.69. The Bertz CT molecular complexity index is 1500. The van der Waals surface area contributed by atoms with Gasteiger partial charge in [0, 0.05) is 18.0 Å². The topological polar surface area (TPSA) is 116 Å². The maximum absolute atomic E-state index is 15.1. The van der Waals surface area contributed by atoms with Crippen LogP contribution in [-0.4, -0.2) is 19.9 Å². The molecule has 0 aliphatic heterocycles. The van der Waals surface area contributed by atoms with Crippen LogP contribution in [0.2, 0.25) is 0 Å². The second-order valence-electron chi connectivity index (χ2n) is 7.45. The second-order valence-corrected chi connectivity index (χ2v) is 7.45. The standard InChI is InChI=1S/C24H18F2N6O/c1-12-11-30-23-19(12)18(8-9-29-23)33-17-7-4-14(10-16(17)26)20-21(31-24(28)32-22(20)27)13-2-5-15(25)6-3-13/h2-11H,1H3,(H,29,30)(H4,27,28,31,32). The number of nitrogen functional groups attached to an aromatic ring is 2. The molecule has 5 rings (SSSR count). The lowest BCUT2D eigenvalue weighted by Crippen LogP contribution is -2.05. The van der Waals surface area contributed by atoms with Crippen molar-refractivity contribution in [3.8, 4) is 33.9 Å². The van der Waals surface area contributed by atoms with Gasteiger partial charge >= 0.3 is 0 Å². The lowest BCUT2D eigenvalue weighted by Gasteiger charge is -2.14. The fraction of sp³-hybridized carbons (Fsp3) is 0.0417. The number of nitrogens with zero attached hydrogens (tertiary/aromatic N) is 3. The fourth-order valence-electron chi connectivity index (χ4n) is 3.72. The smallest absolute Gasteiger partial charge is 0.222 e. The Balaban J connectivity index is 1.58. The predicted octanol–water partition coefficient (Wildman–Crippen LogP) is 5.23. The van der Waals surface area contributed by atoms with Crippen molar-refractivity contribution in [1.29, 1.82) is 0 Å². The van der Waals surface area contributed by atoms with Crippen LogP contribution in [0.3, 0.4) is 0 Å². The van der Waals surface area contributed by atoms with E-state index in [0.29, 0.717) is 33.8 Å². The van der Waals surface area contributed by atoms with E-state index in [1.165, 1.54) is 24.3 Å². The van der Waals surface area contributed by atoms with Crippen LogP contribution in [0.25, 0.3) is 33.4 Å². The van der Waals surface area contributed by atoms with Crippen LogP contribution in [0.15, 0.2) is 60.9 Å². The Kier molecular flexibility index (Phi) is 4.86. The third-order valence-electron chi connectivity index (χ3n) is 5.24. The van der Waals surface area contributed by atoms with Gasteiger partial charge in [-0.2, -0.15) is 4.98 Å². The van der Waals surface area contributed by atoms with Crippen LogP contribution in [0.1, 0.15) is 5.56 Å². The van der Waals surface area contributed by atoms with Gasteiger partial charge in [-0.15, -0.1) is 0 Å². The molecule has 0 radical (unpaired) electrons. The summed E-state index contributed by atoms with van der Waals surface area (Å²) in [5, 5.41) is 0.774. The zero-order chi connectivity index (χ0) is 23.1. The zero-order valence-corrected chi connectivity index (χ0v) is 17.4. The Hall–Kier alpha value is -4.53. The van der Waals surface area contributed by atoms with Gasteiger partial charge in [0.05, 0.1) is 16.6 Å². The molecule has 0 aliphatic rings. The molecule has 5 N–H and O–H groups in total. The minimum atomic E-state index is -0.605. The van der Waals surface area contributed by atoms with Crippen LogP contribution in [-0.2, 0) is 0 Å². The van der Waals surface area contributed by atoms with Gasteiger partial charge < -0.3 is 21.2 Å². The molecule has 0 saturated heterocycles. The average Bonchev–Trinajstić information content (AvgIpc) is 3.17. The molecule has 33 heavy (non-hydrogen) atoms. The second kappa shape index (κ2) is 7.86. The normalized spacial score (nSPS) is 11.1. The number of fused-ring (bicyclic) bond motifs is 1. The monoisotopic (exact) mass is 444 g/mol. The summed E-state index contributed by atoms with van der Waals surface area (Å²) in [5.74, 6) is -0.455. The maximum Gasteiger partial charge on any atom is 0.222 e. The van der Waals surface area contributed by atoms with Gasteiger partial charge in [-0.1, -0.05) is 6.07 Å². The van der Waals surface area contributed by atoms with Crippen molar-refractivity contribution in [2.75, 3.05) is 11.5 Å².